The second kappa shape index (κ2) is 8.64. The van der Waals surface area contributed by atoms with Crippen molar-refractivity contribution < 1.29 is 9.53 Å². The van der Waals surface area contributed by atoms with E-state index in [2.05, 4.69) is 16.4 Å². The second-order valence-electron chi connectivity index (χ2n) is 6.70. The number of nitrogens with one attached hydrogen (secondary N) is 1. The van der Waals surface area contributed by atoms with E-state index in [4.69, 9.17) is 16.3 Å². The van der Waals surface area contributed by atoms with Gasteiger partial charge < -0.3 is 10.1 Å². The number of thiazole rings is 1. The summed E-state index contributed by atoms with van der Waals surface area (Å²) in [6, 6.07) is 21.3. The molecule has 0 aliphatic heterocycles. The summed E-state index contributed by atoms with van der Waals surface area (Å²) in [5, 5.41) is 4.60. The molecule has 6 heteroatoms. The fraction of sp³-hybridized carbons (Fsp3) is 0.130. The van der Waals surface area contributed by atoms with Crippen molar-refractivity contribution in [2.45, 2.75) is 13.3 Å². The van der Waals surface area contributed by atoms with Crippen LogP contribution < -0.4 is 10.1 Å². The summed E-state index contributed by atoms with van der Waals surface area (Å²) in [7, 11) is 0. The Morgan fingerprint density at radius 2 is 1.90 bits per heavy atom. The van der Waals surface area contributed by atoms with E-state index in [1.165, 1.54) is 4.70 Å². The lowest BCUT2D eigenvalue weighted by molar-refractivity contribution is -0.118. The lowest BCUT2D eigenvalue weighted by atomic mass is 10.1. The van der Waals surface area contributed by atoms with Crippen LogP contribution in [0.1, 0.15) is 16.1 Å². The normalized spacial score (nSPS) is 10.8. The number of ether oxygens (including phenoxy) is 1. The number of aryl methyl sites for hydroxylation is 1. The highest BCUT2D eigenvalue weighted by molar-refractivity contribution is 7.18. The molecule has 1 amide bonds. The third kappa shape index (κ3) is 4.94. The number of benzene rings is 3. The summed E-state index contributed by atoms with van der Waals surface area (Å²) in [5.74, 6) is 0.407. The Morgan fingerprint density at radius 3 is 2.66 bits per heavy atom. The quantitative estimate of drug-likeness (QED) is 0.423. The smallest absolute Gasteiger partial charge is 0.262 e. The zero-order valence-electron chi connectivity index (χ0n) is 15.8. The Morgan fingerprint density at radius 1 is 1.10 bits per heavy atom. The number of anilines is 1. The van der Waals surface area contributed by atoms with E-state index in [1.54, 1.807) is 23.5 Å². The van der Waals surface area contributed by atoms with Crippen molar-refractivity contribution in [2.75, 3.05) is 11.9 Å². The van der Waals surface area contributed by atoms with Crippen LogP contribution in [0.4, 0.5) is 5.69 Å². The average Bonchev–Trinajstić information content (AvgIpc) is 3.13. The van der Waals surface area contributed by atoms with Gasteiger partial charge in [0.1, 0.15) is 5.75 Å². The molecular weight excluding hydrogens is 404 g/mol. The molecule has 0 spiro atoms. The van der Waals surface area contributed by atoms with Crippen molar-refractivity contribution in [1.82, 2.24) is 4.98 Å². The van der Waals surface area contributed by atoms with Gasteiger partial charge in [-0.3, -0.25) is 4.79 Å². The van der Waals surface area contributed by atoms with Gasteiger partial charge in [-0.1, -0.05) is 35.9 Å². The van der Waals surface area contributed by atoms with Crippen LogP contribution >= 0.6 is 22.9 Å². The van der Waals surface area contributed by atoms with E-state index >= 15 is 0 Å². The first-order valence-electron chi connectivity index (χ1n) is 9.19. The monoisotopic (exact) mass is 422 g/mol. The number of amides is 1. The highest BCUT2D eigenvalue weighted by atomic mass is 35.5. The number of nitrogens with zero attached hydrogens (tertiary/aromatic N) is 1. The van der Waals surface area contributed by atoms with E-state index in [1.807, 2.05) is 55.5 Å². The van der Waals surface area contributed by atoms with Crippen LogP contribution in [-0.2, 0) is 11.2 Å². The zero-order valence-corrected chi connectivity index (χ0v) is 17.4. The Kier molecular flexibility index (Phi) is 5.79. The highest BCUT2D eigenvalue weighted by Gasteiger charge is 2.07. The lowest BCUT2D eigenvalue weighted by Crippen LogP contribution is -2.20. The Bertz CT molecular complexity index is 1120. The summed E-state index contributed by atoms with van der Waals surface area (Å²) < 4.78 is 6.73. The predicted octanol–water partition coefficient (Wildman–Crippen LogP) is 5.87. The molecule has 1 aromatic heterocycles. The molecule has 4 aromatic rings. The fourth-order valence-corrected chi connectivity index (χ4v) is 4.05. The largest absolute Gasteiger partial charge is 0.484 e. The van der Waals surface area contributed by atoms with Crippen LogP contribution in [0, 0.1) is 6.92 Å². The number of halogens is 1. The van der Waals surface area contributed by atoms with Gasteiger partial charge in [0.2, 0.25) is 0 Å². The maximum absolute atomic E-state index is 12.1. The van der Waals surface area contributed by atoms with Crippen LogP contribution in [0.5, 0.6) is 5.75 Å². The molecule has 0 fully saturated rings. The SMILES string of the molecule is Cc1cc(OCC(=O)Nc2ccc(Cc3nc4ccccc4s3)cc2)ccc1Cl. The predicted molar refractivity (Wildman–Crippen MR) is 119 cm³/mol. The molecule has 0 bridgehead atoms. The standard InChI is InChI=1S/C23H19ClN2O2S/c1-15-12-18(10-11-19(15)24)28-14-22(27)25-17-8-6-16(7-9-17)13-23-26-20-4-2-3-5-21(20)29-23/h2-12H,13-14H2,1H3,(H,25,27). The van der Waals surface area contributed by atoms with Gasteiger partial charge in [0.05, 0.1) is 15.2 Å². The van der Waals surface area contributed by atoms with E-state index < -0.39 is 0 Å². The molecule has 29 heavy (non-hydrogen) atoms. The molecule has 0 atom stereocenters. The van der Waals surface area contributed by atoms with Crippen molar-refractivity contribution in [3.05, 3.63) is 87.9 Å². The summed E-state index contributed by atoms with van der Waals surface area (Å²) in [5.41, 5.74) is 3.83. The number of para-hydroxylation sites is 1. The number of hydrogen-bond acceptors (Lipinski definition) is 4. The van der Waals surface area contributed by atoms with Crippen molar-refractivity contribution in [1.29, 1.82) is 0 Å². The van der Waals surface area contributed by atoms with Gasteiger partial charge >= 0.3 is 0 Å². The first-order valence-corrected chi connectivity index (χ1v) is 10.4. The maximum atomic E-state index is 12.1. The molecule has 0 saturated carbocycles. The van der Waals surface area contributed by atoms with Gasteiger partial charge in [-0.05, 0) is 60.5 Å². The molecule has 1 heterocycles. The summed E-state index contributed by atoms with van der Waals surface area (Å²) >= 11 is 7.70. The van der Waals surface area contributed by atoms with E-state index in [0.29, 0.717) is 10.8 Å². The molecule has 0 saturated heterocycles. The first kappa shape index (κ1) is 19.4. The van der Waals surface area contributed by atoms with Crippen LogP contribution in [-0.4, -0.2) is 17.5 Å². The maximum Gasteiger partial charge on any atom is 0.262 e. The third-order valence-electron chi connectivity index (χ3n) is 4.43. The van der Waals surface area contributed by atoms with Crippen LogP contribution in [0.25, 0.3) is 10.2 Å². The number of aromatic nitrogens is 1. The number of carbonyl (C=O) groups is 1. The lowest BCUT2D eigenvalue weighted by Gasteiger charge is -2.09. The van der Waals surface area contributed by atoms with Crippen molar-refractivity contribution >= 4 is 44.7 Å². The molecular formula is C23H19ClN2O2S. The molecule has 3 aromatic carbocycles. The van der Waals surface area contributed by atoms with Crippen LogP contribution in [0.2, 0.25) is 5.02 Å². The van der Waals surface area contributed by atoms with Crippen molar-refractivity contribution in [2.24, 2.45) is 0 Å². The van der Waals surface area contributed by atoms with Crippen LogP contribution in [0.15, 0.2) is 66.7 Å². The average molecular weight is 423 g/mol. The summed E-state index contributed by atoms with van der Waals surface area (Å²) in [6.07, 6.45) is 0.770. The number of hydrogen-bond donors (Lipinski definition) is 1. The van der Waals surface area contributed by atoms with E-state index in [-0.39, 0.29) is 12.5 Å². The molecule has 0 radical (unpaired) electrons. The van der Waals surface area contributed by atoms with Crippen molar-refractivity contribution in [3.63, 3.8) is 0 Å². The molecule has 0 unspecified atom stereocenters. The number of carbonyl (C=O) groups excluding carboxylic acids is 1. The summed E-state index contributed by atoms with van der Waals surface area (Å²) in [6.45, 7) is 1.83. The fourth-order valence-electron chi connectivity index (χ4n) is 2.93. The van der Waals surface area contributed by atoms with Gasteiger partial charge in [-0.15, -0.1) is 11.3 Å². The minimum absolute atomic E-state index is 0.0610. The molecule has 1 N–H and O–H groups in total. The van der Waals surface area contributed by atoms with E-state index in [9.17, 15) is 4.79 Å². The summed E-state index contributed by atoms with van der Waals surface area (Å²) in [4.78, 5) is 16.8. The first-order chi connectivity index (χ1) is 14.1. The molecule has 0 aliphatic rings. The zero-order chi connectivity index (χ0) is 20.2. The molecule has 0 aliphatic carbocycles. The Balaban J connectivity index is 1.32. The topological polar surface area (TPSA) is 51.2 Å². The molecule has 4 nitrogen and oxygen atoms in total. The Hall–Kier alpha value is -2.89. The second-order valence-corrected chi connectivity index (χ2v) is 8.22. The minimum atomic E-state index is -0.212. The molecule has 146 valence electrons. The molecule has 4 rings (SSSR count). The van der Waals surface area contributed by atoms with Gasteiger partial charge in [-0.2, -0.15) is 0 Å². The highest BCUT2D eigenvalue weighted by Crippen LogP contribution is 2.24. The minimum Gasteiger partial charge on any atom is -0.484 e. The van der Waals surface area contributed by atoms with Crippen molar-refractivity contribution in [3.8, 4) is 5.75 Å². The Labute approximate surface area is 178 Å². The number of rotatable bonds is 6. The van der Waals surface area contributed by atoms with E-state index in [0.717, 1.165) is 33.8 Å². The van der Waals surface area contributed by atoms with Gasteiger partial charge in [0, 0.05) is 17.1 Å². The van der Waals surface area contributed by atoms with Crippen LogP contribution in [0.3, 0.4) is 0 Å². The van der Waals surface area contributed by atoms with Gasteiger partial charge in [0.25, 0.3) is 5.91 Å². The number of fused-ring (bicyclic) bond motifs is 1. The third-order valence-corrected chi connectivity index (χ3v) is 5.89. The van der Waals surface area contributed by atoms with Gasteiger partial charge in [0.15, 0.2) is 6.61 Å². The van der Waals surface area contributed by atoms with Gasteiger partial charge in [-0.25, -0.2) is 4.98 Å².